The highest BCUT2D eigenvalue weighted by Crippen LogP contribution is 2.17. The van der Waals surface area contributed by atoms with Gasteiger partial charge in [-0.25, -0.2) is 4.98 Å². The smallest absolute Gasteiger partial charge is 0.107 e. The fourth-order valence-electron chi connectivity index (χ4n) is 1.69. The van der Waals surface area contributed by atoms with Gasteiger partial charge in [0, 0.05) is 11.9 Å². The van der Waals surface area contributed by atoms with Gasteiger partial charge >= 0.3 is 0 Å². The molecule has 1 rings (SSSR count). The van der Waals surface area contributed by atoms with Crippen LogP contribution >= 0.6 is 11.3 Å². The molecule has 0 spiro atoms. The zero-order valence-electron chi connectivity index (χ0n) is 10.9. The number of nitrogens with one attached hydrogen (secondary N) is 1. The Bertz CT molecular complexity index is 294. The van der Waals surface area contributed by atoms with Gasteiger partial charge in [-0.2, -0.15) is 0 Å². The van der Waals surface area contributed by atoms with Gasteiger partial charge in [-0.3, -0.25) is 0 Å². The van der Waals surface area contributed by atoms with Gasteiger partial charge in [0.2, 0.25) is 0 Å². The topological polar surface area (TPSA) is 24.9 Å². The van der Waals surface area contributed by atoms with E-state index in [-0.39, 0.29) is 0 Å². The predicted molar refractivity (Wildman–Crippen MR) is 72.0 cm³/mol. The molecule has 1 N–H and O–H groups in total. The van der Waals surface area contributed by atoms with Crippen LogP contribution in [0.4, 0.5) is 0 Å². The number of nitrogens with zero attached hydrogens (tertiary/aromatic N) is 1. The molecule has 0 amide bonds. The highest BCUT2D eigenvalue weighted by molar-refractivity contribution is 7.09. The van der Waals surface area contributed by atoms with Gasteiger partial charge in [-0.1, -0.05) is 34.1 Å². The lowest BCUT2D eigenvalue weighted by molar-refractivity contribution is 0.475. The second kappa shape index (κ2) is 7.02. The third-order valence-electron chi connectivity index (χ3n) is 2.71. The molecule has 92 valence electrons. The van der Waals surface area contributed by atoms with Crippen LogP contribution in [-0.2, 0) is 6.54 Å². The van der Waals surface area contributed by atoms with Gasteiger partial charge in [0.15, 0.2) is 0 Å². The van der Waals surface area contributed by atoms with Crippen LogP contribution in [-0.4, -0.2) is 11.5 Å². The molecule has 0 radical (unpaired) electrons. The van der Waals surface area contributed by atoms with Crippen LogP contribution in [0, 0.1) is 5.92 Å². The summed E-state index contributed by atoms with van der Waals surface area (Å²) < 4.78 is 0. The number of hydrogen-bond donors (Lipinski definition) is 1. The van der Waals surface area contributed by atoms with Crippen LogP contribution < -0.4 is 5.32 Å². The molecule has 0 saturated carbocycles. The predicted octanol–water partition coefficient (Wildman–Crippen LogP) is 3.79. The molecule has 0 bridgehead atoms. The molecule has 0 aliphatic carbocycles. The van der Waals surface area contributed by atoms with E-state index < -0.39 is 0 Å². The molecular weight excluding hydrogens is 216 g/mol. The SMILES string of the molecule is CCCC(C)CNCc1nc(C(C)C)cs1. The van der Waals surface area contributed by atoms with Crippen molar-refractivity contribution in [2.45, 2.75) is 53.0 Å². The highest BCUT2D eigenvalue weighted by Gasteiger charge is 2.05. The fraction of sp³-hybridized carbons (Fsp3) is 0.769. The van der Waals surface area contributed by atoms with E-state index in [1.807, 2.05) is 0 Å². The average molecular weight is 240 g/mol. The number of aromatic nitrogens is 1. The Balaban J connectivity index is 2.26. The Morgan fingerprint density at radius 2 is 2.12 bits per heavy atom. The van der Waals surface area contributed by atoms with E-state index >= 15 is 0 Å². The molecule has 1 atom stereocenters. The lowest BCUT2D eigenvalue weighted by Gasteiger charge is -2.09. The monoisotopic (exact) mass is 240 g/mol. The third kappa shape index (κ3) is 4.62. The van der Waals surface area contributed by atoms with E-state index in [1.165, 1.54) is 23.5 Å². The van der Waals surface area contributed by atoms with Crippen LogP contribution in [0.5, 0.6) is 0 Å². The second-order valence-electron chi connectivity index (χ2n) is 4.85. The van der Waals surface area contributed by atoms with Crippen molar-refractivity contribution in [2.75, 3.05) is 6.54 Å². The van der Waals surface area contributed by atoms with Crippen LogP contribution in [0.2, 0.25) is 0 Å². The van der Waals surface area contributed by atoms with Crippen molar-refractivity contribution in [1.29, 1.82) is 0 Å². The Kier molecular flexibility index (Phi) is 5.99. The molecule has 0 saturated heterocycles. The molecule has 0 aliphatic heterocycles. The summed E-state index contributed by atoms with van der Waals surface area (Å²) in [6.45, 7) is 10.9. The zero-order chi connectivity index (χ0) is 12.0. The van der Waals surface area contributed by atoms with E-state index in [0.29, 0.717) is 5.92 Å². The van der Waals surface area contributed by atoms with Crippen molar-refractivity contribution in [2.24, 2.45) is 5.92 Å². The van der Waals surface area contributed by atoms with Crippen LogP contribution in [0.15, 0.2) is 5.38 Å². The molecule has 1 heterocycles. The standard InChI is InChI=1S/C13H24N2S/c1-5-6-11(4)7-14-8-13-15-12(9-16-13)10(2)3/h9-11,14H,5-8H2,1-4H3. The minimum atomic E-state index is 0.545. The number of rotatable bonds is 7. The van der Waals surface area contributed by atoms with Gasteiger partial charge in [-0.05, 0) is 24.8 Å². The summed E-state index contributed by atoms with van der Waals surface area (Å²) in [6, 6.07) is 0. The molecule has 0 fully saturated rings. The first kappa shape index (κ1) is 13.7. The Morgan fingerprint density at radius 3 is 2.69 bits per heavy atom. The normalized spacial score (nSPS) is 13.3. The summed E-state index contributed by atoms with van der Waals surface area (Å²) >= 11 is 1.77. The minimum Gasteiger partial charge on any atom is -0.310 e. The van der Waals surface area contributed by atoms with Crippen LogP contribution in [0.1, 0.15) is 57.2 Å². The van der Waals surface area contributed by atoms with Crippen molar-refractivity contribution < 1.29 is 0 Å². The van der Waals surface area contributed by atoms with Gasteiger partial charge in [0.1, 0.15) is 5.01 Å². The van der Waals surface area contributed by atoms with E-state index in [9.17, 15) is 0 Å². The molecule has 1 unspecified atom stereocenters. The van der Waals surface area contributed by atoms with Gasteiger partial charge in [0.25, 0.3) is 0 Å². The minimum absolute atomic E-state index is 0.545. The van der Waals surface area contributed by atoms with Crippen molar-refractivity contribution in [3.8, 4) is 0 Å². The zero-order valence-corrected chi connectivity index (χ0v) is 11.7. The summed E-state index contributed by atoms with van der Waals surface area (Å²) in [4.78, 5) is 4.61. The summed E-state index contributed by atoms with van der Waals surface area (Å²) in [5, 5.41) is 6.88. The van der Waals surface area contributed by atoms with Crippen molar-refractivity contribution in [3.63, 3.8) is 0 Å². The van der Waals surface area contributed by atoms with Gasteiger partial charge in [0.05, 0.1) is 5.69 Å². The quantitative estimate of drug-likeness (QED) is 0.784. The van der Waals surface area contributed by atoms with Crippen molar-refractivity contribution in [3.05, 3.63) is 16.1 Å². The highest BCUT2D eigenvalue weighted by atomic mass is 32.1. The molecule has 1 aromatic heterocycles. The molecule has 3 heteroatoms. The van der Waals surface area contributed by atoms with E-state index in [4.69, 9.17) is 0 Å². The lowest BCUT2D eigenvalue weighted by atomic mass is 10.1. The molecular formula is C13H24N2S. The van der Waals surface area contributed by atoms with Crippen LogP contribution in [0.25, 0.3) is 0 Å². The fourth-order valence-corrected chi connectivity index (χ4v) is 2.62. The summed E-state index contributed by atoms with van der Waals surface area (Å²) in [5.74, 6) is 1.32. The van der Waals surface area contributed by atoms with Crippen LogP contribution in [0.3, 0.4) is 0 Å². The maximum atomic E-state index is 4.61. The largest absolute Gasteiger partial charge is 0.310 e. The maximum Gasteiger partial charge on any atom is 0.107 e. The third-order valence-corrected chi connectivity index (χ3v) is 3.58. The number of thiazole rings is 1. The molecule has 2 nitrogen and oxygen atoms in total. The first-order chi connectivity index (χ1) is 7.63. The van der Waals surface area contributed by atoms with Crippen molar-refractivity contribution >= 4 is 11.3 Å². The summed E-state index contributed by atoms with van der Waals surface area (Å²) in [7, 11) is 0. The lowest BCUT2D eigenvalue weighted by Crippen LogP contribution is -2.20. The van der Waals surface area contributed by atoms with Gasteiger partial charge in [-0.15, -0.1) is 11.3 Å². The number of hydrogen-bond acceptors (Lipinski definition) is 3. The summed E-state index contributed by atoms with van der Waals surface area (Å²) in [6.07, 6.45) is 2.58. The molecule has 1 aromatic rings. The first-order valence-electron chi connectivity index (χ1n) is 6.28. The Hall–Kier alpha value is -0.410. The van der Waals surface area contributed by atoms with Gasteiger partial charge < -0.3 is 5.32 Å². The Labute approximate surface area is 103 Å². The molecule has 0 aliphatic rings. The van der Waals surface area contributed by atoms with E-state index in [1.54, 1.807) is 11.3 Å². The Morgan fingerprint density at radius 1 is 1.38 bits per heavy atom. The van der Waals surface area contributed by atoms with E-state index in [0.717, 1.165) is 19.0 Å². The summed E-state index contributed by atoms with van der Waals surface area (Å²) in [5.41, 5.74) is 1.23. The van der Waals surface area contributed by atoms with E-state index in [2.05, 4.69) is 43.4 Å². The van der Waals surface area contributed by atoms with Crippen molar-refractivity contribution in [1.82, 2.24) is 10.3 Å². The average Bonchev–Trinajstić information content (AvgIpc) is 2.67. The maximum absolute atomic E-state index is 4.61. The first-order valence-corrected chi connectivity index (χ1v) is 7.16. The molecule has 0 aromatic carbocycles. The molecule has 16 heavy (non-hydrogen) atoms. The second-order valence-corrected chi connectivity index (χ2v) is 5.79.